The highest BCUT2D eigenvalue weighted by Gasteiger charge is 2.45. The van der Waals surface area contributed by atoms with Gasteiger partial charge in [0.25, 0.3) is 0 Å². The Morgan fingerprint density at radius 1 is 1.10 bits per heavy atom. The Kier molecular flexibility index (Phi) is 6.39. The molecule has 8 nitrogen and oxygen atoms in total. The number of benzene rings is 1. The average molecular weight is 415 g/mol. The second-order valence-corrected chi connectivity index (χ2v) is 7.29. The first-order valence-electron chi connectivity index (χ1n) is 9.73. The third-order valence-electron chi connectivity index (χ3n) is 5.07. The molecule has 0 atom stereocenters. The number of allylic oxidation sites excluding steroid dienone is 1. The lowest BCUT2D eigenvalue weighted by atomic mass is 9.97. The van der Waals surface area contributed by atoms with E-state index in [4.69, 9.17) is 0 Å². The number of urea groups is 1. The first-order chi connectivity index (χ1) is 14.3. The van der Waals surface area contributed by atoms with Crippen molar-refractivity contribution in [1.29, 1.82) is 0 Å². The van der Waals surface area contributed by atoms with Crippen LogP contribution in [0.25, 0.3) is 0 Å². The van der Waals surface area contributed by atoms with Gasteiger partial charge in [0.1, 0.15) is 5.82 Å². The molecule has 0 radical (unpaired) electrons. The van der Waals surface area contributed by atoms with Crippen molar-refractivity contribution in [2.24, 2.45) is 0 Å². The zero-order valence-corrected chi connectivity index (χ0v) is 16.6. The first-order valence-corrected chi connectivity index (χ1v) is 9.73. The zero-order chi connectivity index (χ0) is 21.8. The molecule has 1 aliphatic heterocycles. The van der Waals surface area contributed by atoms with Gasteiger partial charge in [0, 0.05) is 19.2 Å². The molecule has 1 heterocycles. The minimum Gasteiger partial charge on any atom is -0.326 e. The van der Waals surface area contributed by atoms with Crippen LogP contribution < -0.4 is 5.32 Å². The predicted molar refractivity (Wildman–Crippen MR) is 105 cm³/mol. The molecule has 2 aliphatic rings. The smallest absolute Gasteiger partial charge is 0.326 e. The molecule has 0 unspecified atom stereocenters. The summed E-state index contributed by atoms with van der Waals surface area (Å²) in [5.41, 5.74) is 0.969. The third-order valence-corrected chi connectivity index (χ3v) is 5.07. The van der Waals surface area contributed by atoms with Gasteiger partial charge in [0.2, 0.25) is 5.91 Å². The molecule has 1 N–H and O–H groups in total. The predicted octanol–water partition coefficient (Wildman–Crippen LogP) is 2.65. The van der Waals surface area contributed by atoms with Gasteiger partial charge in [0.15, 0.2) is 5.78 Å². The minimum atomic E-state index is -1.10. The van der Waals surface area contributed by atoms with Gasteiger partial charge < -0.3 is 5.32 Å². The van der Waals surface area contributed by atoms with E-state index >= 15 is 0 Å². The van der Waals surface area contributed by atoms with E-state index < -0.39 is 41.9 Å². The van der Waals surface area contributed by atoms with Crippen LogP contribution in [0.15, 0.2) is 29.8 Å². The number of nitrogens with zero attached hydrogens (tertiary/aromatic N) is 2. The second kappa shape index (κ2) is 8.98. The fourth-order valence-electron chi connectivity index (χ4n) is 3.53. The number of carbonyl (C=O) groups excluding carboxylic acids is 5. The summed E-state index contributed by atoms with van der Waals surface area (Å²) in [7, 11) is 0. The maximum absolute atomic E-state index is 14.3. The molecule has 3 rings (SSSR count). The number of rotatable bonds is 7. The number of anilines is 1. The van der Waals surface area contributed by atoms with Gasteiger partial charge in [-0.15, -0.1) is 0 Å². The van der Waals surface area contributed by atoms with Gasteiger partial charge in [0.05, 0.1) is 12.1 Å². The lowest BCUT2D eigenvalue weighted by Crippen LogP contribution is -2.37. The number of carbonyl (C=O) groups is 5. The topological polar surface area (TPSA) is 104 Å². The van der Waals surface area contributed by atoms with Crippen LogP contribution in [-0.2, 0) is 14.4 Å². The van der Waals surface area contributed by atoms with Crippen LogP contribution in [0.2, 0.25) is 0 Å². The highest BCUT2D eigenvalue weighted by atomic mass is 19.1. The normalized spacial score (nSPS) is 16.7. The van der Waals surface area contributed by atoms with Gasteiger partial charge in [-0.25, -0.2) is 14.1 Å². The average Bonchev–Trinajstić information content (AvgIpc) is 2.90. The maximum atomic E-state index is 14.3. The lowest BCUT2D eigenvalue weighted by molar-refractivity contribution is -0.143. The first kappa shape index (κ1) is 21.4. The van der Waals surface area contributed by atoms with E-state index in [-0.39, 0.29) is 17.8 Å². The molecule has 1 saturated heterocycles. The van der Waals surface area contributed by atoms with Gasteiger partial charge in [-0.1, -0.05) is 11.6 Å². The molecule has 1 fully saturated rings. The number of hydrogen-bond acceptors (Lipinski definition) is 5. The van der Waals surface area contributed by atoms with Crippen LogP contribution in [0.4, 0.5) is 14.9 Å². The molecular formula is C21H22FN3O5. The molecule has 0 saturated carbocycles. The zero-order valence-electron chi connectivity index (χ0n) is 16.6. The molecule has 0 spiro atoms. The Labute approximate surface area is 172 Å². The van der Waals surface area contributed by atoms with E-state index in [1.807, 2.05) is 0 Å². The highest BCUT2D eigenvalue weighted by Crippen LogP contribution is 2.22. The number of nitrogens with one attached hydrogen (secondary N) is 1. The highest BCUT2D eigenvalue weighted by molar-refractivity contribution is 6.45. The van der Waals surface area contributed by atoms with Crippen molar-refractivity contribution in [3.8, 4) is 0 Å². The number of ketones is 1. The summed E-state index contributed by atoms with van der Waals surface area (Å²) in [6, 6.07) is 2.59. The van der Waals surface area contributed by atoms with Crippen molar-refractivity contribution in [1.82, 2.24) is 9.80 Å². The van der Waals surface area contributed by atoms with Crippen LogP contribution in [0, 0.1) is 5.82 Å². The van der Waals surface area contributed by atoms with Crippen molar-refractivity contribution in [2.75, 3.05) is 18.4 Å². The maximum Gasteiger partial charge on any atom is 0.334 e. The fourth-order valence-corrected chi connectivity index (χ4v) is 3.53. The molecular weight excluding hydrogens is 393 g/mol. The number of hydrogen-bond donors (Lipinski definition) is 1. The SMILES string of the molecule is CC(=O)Nc1ccc(C(=O)CN2C(=O)C(=O)N(CCC3=CCCCC3)C2=O)c(F)c1. The fraction of sp³-hybridized carbons (Fsp3) is 0.381. The quantitative estimate of drug-likeness (QED) is 0.319. The Morgan fingerprint density at radius 2 is 1.83 bits per heavy atom. The van der Waals surface area contributed by atoms with Crippen LogP contribution in [-0.4, -0.2) is 52.4 Å². The molecule has 5 amide bonds. The summed E-state index contributed by atoms with van der Waals surface area (Å²) in [5.74, 6) is -4.21. The van der Waals surface area contributed by atoms with Crippen molar-refractivity contribution in [3.05, 3.63) is 41.2 Å². The van der Waals surface area contributed by atoms with Gasteiger partial charge in [-0.3, -0.25) is 24.1 Å². The van der Waals surface area contributed by atoms with Crippen LogP contribution >= 0.6 is 0 Å². The molecule has 30 heavy (non-hydrogen) atoms. The molecule has 1 aromatic carbocycles. The number of imide groups is 2. The van der Waals surface area contributed by atoms with Crippen molar-refractivity contribution >= 4 is 35.2 Å². The summed E-state index contributed by atoms with van der Waals surface area (Å²) in [6.45, 7) is 0.591. The Hall–Kier alpha value is -3.36. The van der Waals surface area contributed by atoms with Crippen LogP contribution in [0.1, 0.15) is 49.4 Å². The summed E-state index contributed by atoms with van der Waals surface area (Å²) >= 11 is 0. The monoisotopic (exact) mass is 415 g/mol. The molecule has 0 aromatic heterocycles. The van der Waals surface area contributed by atoms with E-state index in [2.05, 4.69) is 11.4 Å². The minimum absolute atomic E-state index is 0.0692. The van der Waals surface area contributed by atoms with Crippen molar-refractivity contribution < 1.29 is 28.4 Å². The van der Waals surface area contributed by atoms with E-state index in [1.165, 1.54) is 13.0 Å². The Balaban J connectivity index is 1.67. The van der Waals surface area contributed by atoms with Gasteiger partial charge >= 0.3 is 17.8 Å². The summed E-state index contributed by atoms with van der Waals surface area (Å²) in [6.07, 6.45) is 6.61. The number of Topliss-reactive ketones (excluding diaryl/α,β-unsaturated/α-hetero) is 1. The van der Waals surface area contributed by atoms with E-state index in [0.717, 1.165) is 48.3 Å². The molecule has 0 bridgehead atoms. The van der Waals surface area contributed by atoms with E-state index in [9.17, 15) is 28.4 Å². The van der Waals surface area contributed by atoms with E-state index in [0.29, 0.717) is 11.3 Å². The lowest BCUT2D eigenvalue weighted by Gasteiger charge is -2.17. The number of halogens is 1. The summed E-state index contributed by atoms with van der Waals surface area (Å²) in [4.78, 5) is 61.8. The molecule has 1 aromatic rings. The Morgan fingerprint density at radius 3 is 2.47 bits per heavy atom. The van der Waals surface area contributed by atoms with Crippen LogP contribution in [0.3, 0.4) is 0 Å². The summed E-state index contributed by atoms with van der Waals surface area (Å²) < 4.78 is 14.3. The Bertz CT molecular complexity index is 956. The van der Waals surface area contributed by atoms with Crippen LogP contribution in [0.5, 0.6) is 0 Å². The molecule has 9 heteroatoms. The molecule has 158 valence electrons. The number of amides is 5. The van der Waals surface area contributed by atoms with E-state index in [1.54, 1.807) is 0 Å². The van der Waals surface area contributed by atoms with Crippen molar-refractivity contribution in [3.63, 3.8) is 0 Å². The summed E-state index contributed by atoms with van der Waals surface area (Å²) in [5, 5.41) is 2.39. The van der Waals surface area contributed by atoms with Gasteiger partial charge in [-0.2, -0.15) is 0 Å². The molecule has 1 aliphatic carbocycles. The third kappa shape index (κ3) is 4.61. The van der Waals surface area contributed by atoms with Crippen molar-refractivity contribution in [2.45, 2.75) is 39.0 Å². The largest absolute Gasteiger partial charge is 0.334 e. The standard InChI is InChI=1S/C21H22FN3O5/c1-13(26)23-15-7-8-16(17(22)11-15)18(27)12-25-20(29)19(28)24(21(25)30)10-9-14-5-3-2-4-6-14/h5,7-8,11H,2-4,6,9-10,12H2,1H3,(H,23,26). The second-order valence-electron chi connectivity index (χ2n) is 7.29. The van der Waals surface area contributed by atoms with Gasteiger partial charge in [-0.05, 0) is 50.3 Å².